The van der Waals surface area contributed by atoms with Crippen molar-refractivity contribution in [3.63, 3.8) is 0 Å². The van der Waals surface area contributed by atoms with E-state index >= 15 is 0 Å². The summed E-state index contributed by atoms with van der Waals surface area (Å²) in [7, 11) is 0. The van der Waals surface area contributed by atoms with Crippen molar-refractivity contribution in [3.8, 4) is 0 Å². The number of hydrogen-bond acceptors (Lipinski definition) is 1. The van der Waals surface area contributed by atoms with Crippen LogP contribution in [0.15, 0.2) is 0 Å². The molecule has 66 valence electrons. The van der Waals surface area contributed by atoms with E-state index in [0.29, 0.717) is 5.25 Å². The summed E-state index contributed by atoms with van der Waals surface area (Å²) in [5.41, 5.74) is 0. The quantitative estimate of drug-likeness (QED) is 0.576. The van der Waals surface area contributed by atoms with Gasteiger partial charge in [-0.05, 0) is 30.6 Å². The number of hydrogen-bond donors (Lipinski definition) is 1. The Labute approximate surface area is 76.2 Å². The Morgan fingerprint density at radius 3 is 2.36 bits per heavy atom. The highest BCUT2D eigenvalue weighted by Crippen LogP contribution is 2.36. The molecule has 0 bridgehead atoms. The predicted molar refractivity (Wildman–Crippen MR) is 54.1 cm³/mol. The second-order valence-corrected chi connectivity index (χ2v) is 5.06. The predicted octanol–water partition coefficient (Wildman–Crippen LogP) is 3.38. The van der Waals surface area contributed by atoms with Gasteiger partial charge in [-0.15, -0.1) is 0 Å². The zero-order valence-corrected chi connectivity index (χ0v) is 8.77. The average molecular weight is 172 g/mol. The summed E-state index contributed by atoms with van der Waals surface area (Å²) < 4.78 is 0. The van der Waals surface area contributed by atoms with Gasteiger partial charge in [0, 0.05) is 5.25 Å². The third-order valence-corrected chi connectivity index (χ3v) is 3.58. The lowest BCUT2D eigenvalue weighted by Crippen LogP contribution is -2.27. The summed E-state index contributed by atoms with van der Waals surface area (Å²) in [5.74, 6) is 2.60. The molecule has 1 heteroatoms. The van der Waals surface area contributed by atoms with Crippen LogP contribution in [0.2, 0.25) is 0 Å². The Kier molecular flexibility index (Phi) is 3.29. The van der Waals surface area contributed by atoms with E-state index in [1.54, 1.807) is 0 Å². The van der Waals surface area contributed by atoms with Crippen molar-refractivity contribution in [2.24, 2.45) is 17.8 Å². The first kappa shape index (κ1) is 9.44. The first-order chi connectivity index (χ1) is 5.11. The Morgan fingerprint density at radius 2 is 1.91 bits per heavy atom. The van der Waals surface area contributed by atoms with Crippen molar-refractivity contribution in [2.45, 2.75) is 45.3 Å². The zero-order chi connectivity index (χ0) is 8.43. The Morgan fingerprint density at radius 1 is 1.27 bits per heavy atom. The van der Waals surface area contributed by atoms with Crippen molar-refractivity contribution >= 4 is 12.6 Å². The van der Waals surface area contributed by atoms with Gasteiger partial charge in [-0.25, -0.2) is 0 Å². The largest absolute Gasteiger partial charge is 0.176 e. The highest BCUT2D eigenvalue weighted by atomic mass is 32.1. The van der Waals surface area contributed by atoms with Crippen LogP contribution in [-0.2, 0) is 0 Å². The van der Waals surface area contributed by atoms with Gasteiger partial charge in [-0.2, -0.15) is 12.6 Å². The van der Waals surface area contributed by atoms with Crippen LogP contribution < -0.4 is 0 Å². The van der Waals surface area contributed by atoms with Crippen molar-refractivity contribution in [3.05, 3.63) is 0 Å². The summed E-state index contributed by atoms with van der Waals surface area (Å²) in [4.78, 5) is 0. The lowest BCUT2D eigenvalue weighted by molar-refractivity contribution is 0.245. The zero-order valence-electron chi connectivity index (χ0n) is 7.88. The first-order valence-electron chi connectivity index (χ1n) is 4.79. The molecule has 11 heavy (non-hydrogen) atoms. The van der Waals surface area contributed by atoms with Crippen LogP contribution in [0.1, 0.15) is 40.0 Å². The molecule has 0 spiro atoms. The summed E-state index contributed by atoms with van der Waals surface area (Å²) in [6.45, 7) is 6.99. The lowest BCUT2D eigenvalue weighted by Gasteiger charge is -2.34. The van der Waals surface area contributed by atoms with Gasteiger partial charge in [0.15, 0.2) is 0 Å². The second-order valence-electron chi connectivity index (χ2n) is 4.39. The number of rotatable bonds is 1. The van der Waals surface area contributed by atoms with Crippen LogP contribution in [0.5, 0.6) is 0 Å². The minimum atomic E-state index is 0.666. The molecular formula is C10H20S. The molecule has 1 aliphatic carbocycles. The van der Waals surface area contributed by atoms with Crippen LogP contribution in [0.3, 0.4) is 0 Å². The molecule has 0 amide bonds. The van der Waals surface area contributed by atoms with Gasteiger partial charge in [0.2, 0.25) is 0 Å². The Hall–Kier alpha value is 0.350. The fraction of sp³-hybridized carbons (Fsp3) is 1.00. The van der Waals surface area contributed by atoms with E-state index in [2.05, 4.69) is 33.4 Å². The first-order valence-corrected chi connectivity index (χ1v) is 5.31. The third-order valence-electron chi connectivity index (χ3n) is 2.99. The number of thiol groups is 1. The maximum atomic E-state index is 4.65. The van der Waals surface area contributed by atoms with Crippen LogP contribution in [0, 0.1) is 17.8 Å². The van der Waals surface area contributed by atoms with Crippen molar-refractivity contribution in [1.29, 1.82) is 0 Å². The molecule has 1 saturated carbocycles. The van der Waals surface area contributed by atoms with E-state index in [0.717, 1.165) is 17.8 Å². The monoisotopic (exact) mass is 172 g/mol. The third kappa shape index (κ3) is 2.40. The molecule has 0 aromatic carbocycles. The fourth-order valence-electron chi connectivity index (χ4n) is 2.15. The summed E-state index contributed by atoms with van der Waals surface area (Å²) in [6.07, 6.45) is 4.14. The van der Waals surface area contributed by atoms with Crippen LogP contribution in [0.25, 0.3) is 0 Å². The molecule has 1 rings (SSSR count). The highest BCUT2D eigenvalue weighted by molar-refractivity contribution is 7.81. The maximum Gasteiger partial charge on any atom is 0.00500 e. The molecule has 0 aliphatic heterocycles. The maximum absolute atomic E-state index is 4.65. The molecule has 1 fully saturated rings. The van der Waals surface area contributed by atoms with Crippen LogP contribution >= 0.6 is 12.6 Å². The van der Waals surface area contributed by atoms with Gasteiger partial charge in [0.05, 0.1) is 0 Å². The van der Waals surface area contributed by atoms with Gasteiger partial charge in [0.1, 0.15) is 0 Å². The van der Waals surface area contributed by atoms with Crippen molar-refractivity contribution in [1.82, 2.24) is 0 Å². The molecule has 0 radical (unpaired) electrons. The van der Waals surface area contributed by atoms with E-state index in [-0.39, 0.29) is 0 Å². The molecule has 0 heterocycles. The normalized spacial score (nSPS) is 39.5. The summed E-state index contributed by atoms with van der Waals surface area (Å²) >= 11 is 4.65. The van der Waals surface area contributed by atoms with Gasteiger partial charge in [-0.3, -0.25) is 0 Å². The van der Waals surface area contributed by atoms with E-state index in [9.17, 15) is 0 Å². The smallest absolute Gasteiger partial charge is 0.00500 e. The molecule has 0 aromatic heterocycles. The molecule has 3 atom stereocenters. The molecule has 0 nitrogen and oxygen atoms in total. The minimum absolute atomic E-state index is 0.666. The SMILES string of the molecule is CC(C)[C@@H]1CC[C@@H](C)C[C@H]1S. The van der Waals surface area contributed by atoms with Gasteiger partial charge in [-0.1, -0.05) is 27.2 Å². The Bertz CT molecular complexity index is 120. The lowest BCUT2D eigenvalue weighted by atomic mass is 9.77. The summed E-state index contributed by atoms with van der Waals surface area (Å²) in [5, 5.41) is 0.666. The molecule has 0 unspecified atom stereocenters. The second kappa shape index (κ2) is 3.84. The minimum Gasteiger partial charge on any atom is -0.176 e. The van der Waals surface area contributed by atoms with Gasteiger partial charge < -0.3 is 0 Å². The van der Waals surface area contributed by atoms with Crippen molar-refractivity contribution in [2.75, 3.05) is 0 Å². The molecule has 0 aromatic rings. The Balaban J connectivity index is 2.44. The molecular weight excluding hydrogens is 152 g/mol. The molecule has 0 N–H and O–H groups in total. The van der Waals surface area contributed by atoms with E-state index in [1.165, 1.54) is 19.3 Å². The highest BCUT2D eigenvalue weighted by Gasteiger charge is 2.27. The van der Waals surface area contributed by atoms with Crippen LogP contribution in [-0.4, -0.2) is 5.25 Å². The average Bonchev–Trinajstić information content (AvgIpc) is 1.85. The fourth-order valence-corrected chi connectivity index (χ4v) is 3.01. The van der Waals surface area contributed by atoms with Gasteiger partial charge in [0.25, 0.3) is 0 Å². The van der Waals surface area contributed by atoms with Crippen LogP contribution in [0.4, 0.5) is 0 Å². The van der Waals surface area contributed by atoms with E-state index in [4.69, 9.17) is 0 Å². The van der Waals surface area contributed by atoms with E-state index in [1.807, 2.05) is 0 Å². The topological polar surface area (TPSA) is 0 Å². The standard InChI is InChI=1S/C10H20S/c1-7(2)9-5-4-8(3)6-10(9)11/h7-11H,4-6H2,1-3H3/t8-,9+,10-/m1/s1. The summed E-state index contributed by atoms with van der Waals surface area (Å²) in [6, 6.07) is 0. The molecule has 0 saturated heterocycles. The molecule has 1 aliphatic rings. The van der Waals surface area contributed by atoms with Gasteiger partial charge >= 0.3 is 0 Å². The van der Waals surface area contributed by atoms with E-state index < -0.39 is 0 Å². The van der Waals surface area contributed by atoms with Crippen molar-refractivity contribution < 1.29 is 0 Å².